The van der Waals surface area contributed by atoms with Crippen LogP contribution in [-0.4, -0.2) is 43.0 Å². The van der Waals surface area contributed by atoms with Gasteiger partial charge in [-0.3, -0.25) is 4.79 Å². The first-order chi connectivity index (χ1) is 14.8. The molecule has 0 aliphatic carbocycles. The third kappa shape index (κ3) is 4.79. The number of nitrogens with zero attached hydrogens (tertiary/aromatic N) is 2. The number of thioether (sulfide) groups is 1. The Balaban J connectivity index is 1.49. The highest BCUT2D eigenvalue weighted by atomic mass is 32.2. The van der Waals surface area contributed by atoms with Crippen molar-refractivity contribution < 1.29 is 13.2 Å². The van der Waals surface area contributed by atoms with Crippen LogP contribution in [0.5, 0.6) is 0 Å². The van der Waals surface area contributed by atoms with E-state index in [1.165, 1.54) is 12.1 Å². The molecule has 2 aromatic carbocycles. The second-order valence-electron chi connectivity index (χ2n) is 8.11. The minimum atomic E-state index is -3.56. The van der Waals surface area contributed by atoms with Crippen LogP contribution >= 0.6 is 23.1 Å². The Bertz CT molecular complexity index is 1200. The molecule has 1 fully saturated rings. The van der Waals surface area contributed by atoms with Crippen LogP contribution in [0.25, 0.3) is 10.2 Å². The van der Waals surface area contributed by atoms with Crippen molar-refractivity contribution in [3.8, 4) is 0 Å². The first kappa shape index (κ1) is 22.3. The average Bonchev–Trinajstić information content (AvgIpc) is 3.15. The van der Waals surface area contributed by atoms with E-state index in [4.69, 9.17) is 0 Å². The van der Waals surface area contributed by atoms with Crippen LogP contribution in [0.15, 0.2) is 51.7 Å². The lowest BCUT2D eigenvalue weighted by molar-refractivity contribution is 0.102. The second-order valence-corrected chi connectivity index (χ2v) is 12.1. The molecule has 1 aromatic heterocycles. The number of carbonyl (C=O) groups excluding carboxylic acids is 1. The van der Waals surface area contributed by atoms with Crippen LogP contribution in [0.4, 0.5) is 5.69 Å². The van der Waals surface area contributed by atoms with Crippen LogP contribution in [0, 0.1) is 11.8 Å². The Kier molecular flexibility index (Phi) is 6.39. The Morgan fingerprint density at radius 2 is 1.81 bits per heavy atom. The summed E-state index contributed by atoms with van der Waals surface area (Å²) in [4.78, 5) is 17.4. The molecule has 1 saturated heterocycles. The Morgan fingerprint density at radius 3 is 2.45 bits per heavy atom. The summed E-state index contributed by atoms with van der Waals surface area (Å²) in [6.07, 6.45) is 3.02. The molecule has 164 valence electrons. The summed E-state index contributed by atoms with van der Waals surface area (Å²) < 4.78 is 29.6. The number of hydrogen-bond donors (Lipinski definition) is 1. The zero-order valence-corrected chi connectivity index (χ0v) is 20.1. The average molecular weight is 476 g/mol. The summed E-state index contributed by atoms with van der Waals surface area (Å²) in [5.74, 6) is 0.399. The molecule has 4 rings (SSSR count). The van der Waals surface area contributed by atoms with Crippen molar-refractivity contribution in [1.29, 1.82) is 0 Å². The zero-order valence-electron chi connectivity index (χ0n) is 17.7. The van der Waals surface area contributed by atoms with Gasteiger partial charge in [-0.15, -0.1) is 11.3 Å². The Morgan fingerprint density at radius 1 is 1.13 bits per heavy atom. The summed E-state index contributed by atoms with van der Waals surface area (Å²) in [6.45, 7) is 5.23. The first-order valence-electron chi connectivity index (χ1n) is 10.1. The van der Waals surface area contributed by atoms with Crippen LogP contribution in [0.1, 0.15) is 30.6 Å². The molecule has 1 aliphatic heterocycles. The lowest BCUT2D eigenvalue weighted by Crippen LogP contribution is -2.42. The molecule has 0 radical (unpaired) electrons. The van der Waals surface area contributed by atoms with E-state index in [0.29, 0.717) is 36.2 Å². The summed E-state index contributed by atoms with van der Waals surface area (Å²) in [5, 5.41) is 2.88. The largest absolute Gasteiger partial charge is 0.322 e. The number of thiazole rings is 1. The van der Waals surface area contributed by atoms with Crippen LogP contribution < -0.4 is 5.32 Å². The fourth-order valence-electron chi connectivity index (χ4n) is 4.00. The molecule has 0 bridgehead atoms. The molecule has 1 N–H and O–H groups in total. The van der Waals surface area contributed by atoms with Crippen LogP contribution in [-0.2, 0) is 10.0 Å². The van der Waals surface area contributed by atoms with E-state index >= 15 is 0 Å². The smallest absolute Gasteiger partial charge is 0.255 e. The maximum Gasteiger partial charge on any atom is 0.255 e. The van der Waals surface area contributed by atoms with E-state index in [9.17, 15) is 13.2 Å². The van der Waals surface area contributed by atoms with Gasteiger partial charge < -0.3 is 5.32 Å². The van der Waals surface area contributed by atoms with Crippen molar-refractivity contribution in [2.45, 2.75) is 29.5 Å². The lowest BCUT2D eigenvalue weighted by atomic mass is 9.94. The third-order valence-corrected chi connectivity index (χ3v) is 9.24. The number of piperidine rings is 1. The molecule has 3 aromatic rings. The number of rotatable bonds is 5. The number of hydrogen-bond acceptors (Lipinski definition) is 6. The van der Waals surface area contributed by atoms with Crippen molar-refractivity contribution >= 4 is 54.9 Å². The maximum absolute atomic E-state index is 13.0. The summed E-state index contributed by atoms with van der Waals surface area (Å²) >= 11 is 3.17. The summed E-state index contributed by atoms with van der Waals surface area (Å²) in [7, 11) is -3.56. The van der Waals surface area contributed by atoms with E-state index in [-0.39, 0.29) is 10.8 Å². The molecule has 0 spiro atoms. The van der Waals surface area contributed by atoms with E-state index in [2.05, 4.69) is 24.1 Å². The quantitative estimate of drug-likeness (QED) is 0.529. The number of benzene rings is 2. The minimum Gasteiger partial charge on any atom is -0.322 e. The van der Waals surface area contributed by atoms with Crippen molar-refractivity contribution in [2.24, 2.45) is 11.8 Å². The highest BCUT2D eigenvalue weighted by molar-refractivity contribution is 8.00. The van der Waals surface area contributed by atoms with Gasteiger partial charge in [0.2, 0.25) is 10.0 Å². The zero-order chi connectivity index (χ0) is 22.2. The molecule has 2 heterocycles. The van der Waals surface area contributed by atoms with Gasteiger partial charge in [0.1, 0.15) is 0 Å². The predicted octanol–water partition coefficient (Wildman–Crippen LogP) is 4.94. The number of anilines is 1. The number of sulfonamides is 1. The van der Waals surface area contributed by atoms with Crippen molar-refractivity contribution in [1.82, 2.24) is 9.29 Å². The molecule has 2 atom stereocenters. The second kappa shape index (κ2) is 8.90. The normalized spacial score (nSPS) is 20.1. The van der Waals surface area contributed by atoms with Gasteiger partial charge in [-0.25, -0.2) is 13.4 Å². The number of carbonyl (C=O) groups is 1. The number of fused-ring (bicyclic) bond motifs is 1. The van der Waals surface area contributed by atoms with Crippen LogP contribution in [0.2, 0.25) is 0 Å². The van der Waals surface area contributed by atoms with E-state index in [1.807, 2.05) is 24.5 Å². The highest BCUT2D eigenvalue weighted by Gasteiger charge is 2.31. The first-order valence-corrected chi connectivity index (χ1v) is 13.6. The summed E-state index contributed by atoms with van der Waals surface area (Å²) in [6, 6.07) is 11.8. The van der Waals surface area contributed by atoms with Gasteiger partial charge in [0.25, 0.3) is 5.91 Å². The Labute approximate surface area is 191 Å². The van der Waals surface area contributed by atoms with Crippen molar-refractivity contribution in [2.75, 3.05) is 24.7 Å². The van der Waals surface area contributed by atoms with Gasteiger partial charge in [0.15, 0.2) is 4.34 Å². The van der Waals surface area contributed by atoms with Gasteiger partial charge in [-0.1, -0.05) is 25.6 Å². The fourth-order valence-corrected chi connectivity index (χ4v) is 7.21. The summed E-state index contributed by atoms with van der Waals surface area (Å²) in [5.41, 5.74) is 2.00. The van der Waals surface area contributed by atoms with Crippen molar-refractivity contribution in [3.05, 3.63) is 48.0 Å². The molecule has 1 aliphatic rings. The number of nitrogens with one attached hydrogen (secondary N) is 1. The Hall–Kier alpha value is -1.94. The number of aromatic nitrogens is 1. The molecule has 1 amide bonds. The molecule has 9 heteroatoms. The maximum atomic E-state index is 13.0. The van der Waals surface area contributed by atoms with Gasteiger partial charge in [-0.2, -0.15) is 4.31 Å². The van der Waals surface area contributed by atoms with Crippen LogP contribution in [0.3, 0.4) is 0 Å². The standard InChI is InChI=1S/C22H25N3O3S3/c1-14-10-15(2)13-25(12-14)31(27,28)18-7-4-16(5-8-18)21(26)23-17-6-9-19-20(11-17)30-22(24-19)29-3/h4-9,11,14-15H,10,12-13H2,1-3H3,(H,23,26)/t14-,15-/m1/s1. The third-order valence-electron chi connectivity index (χ3n) is 5.39. The van der Waals surface area contributed by atoms with Gasteiger partial charge in [0, 0.05) is 24.3 Å². The fraction of sp³-hybridized carbons (Fsp3) is 0.364. The minimum absolute atomic E-state index is 0.223. The monoisotopic (exact) mass is 475 g/mol. The predicted molar refractivity (Wildman–Crippen MR) is 128 cm³/mol. The molecule has 0 unspecified atom stereocenters. The van der Waals surface area contributed by atoms with E-state index in [1.54, 1.807) is 39.5 Å². The lowest BCUT2D eigenvalue weighted by Gasteiger charge is -2.34. The molecule has 31 heavy (non-hydrogen) atoms. The highest BCUT2D eigenvalue weighted by Crippen LogP contribution is 2.30. The molecule has 6 nitrogen and oxygen atoms in total. The molecular formula is C22H25N3O3S3. The van der Waals surface area contributed by atoms with Crippen molar-refractivity contribution in [3.63, 3.8) is 0 Å². The van der Waals surface area contributed by atoms with Gasteiger partial charge in [0.05, 0.1) is 15.1 Å². The van der Waals surface area contributed by atoms with E-state index in [0.717, 1.165) is 21.0 Å². The van der Waals surface area contributed by atoms with Gasteiger partial charge in [-0.05, 0) is 67.0 Å². The molecule has 0 saturated carbocycles. The topological polar surface area (TPSA) is 79.4 Å². The number of amides is 1. The van der Waals surface area contributed by atoms with E-state index < -0.39 is 10.0 Å². The SMILES string of the molecule is CSc1nc2ccc(NC(=O)c3ccc(S(=O)(=O)N4C[C@H](C)C[C@@H](C)C4)cc3)cc2s1. The van der Waals surface area contributed by atoms with Gasteiger partial charge >= 0.3 is 0 Å². The molecular weight excluding hydrogens is 450 g/mol.